The number of fused-ring (bicyclic) bond motifs is 1. The fourth-order valence-corrected chi connectivity index (χ4v) is 7.58. The van der Waals surface area contributed by atoms with Crippen molar-refractivity contribution < 1.29 is 29.3 Å². The van der Waals surface area contributed by atoms with Crippen molar-refractivity contribution in [1.29, 1.82) is 0 Å². The second-order valence-electron chi connectivity index (χ2n) is 14.2. The maximum Gasteiger partial charge on any atom is 0.326 e. The van der Waals surface area contributed by atoms with Crippen LogP contribution in [0.2, 0.25) is 0 Å². The van der Waals surface area contributed by atoms with Crippen LogP contribution in [0, 0.1) is 5.92 Å². The standard InChI is InChI=1S/C42H46N4O7/c1-27-37(25-45-21-19-34(20-22-45)46-36-8-3-2-7-35(36)44-42(46)51)52-41(53-40(27)31-11-9-28(26-47)10-12-31)32-15-13-30(14-16-32)33-6-4-5-29(23-33)24-43-38(48)17-18-39(49)50/h2-16,23,27,34,37,40-41,47H,17-22,24-26H2,1H3,(H,43,48)(H,44,51)(H,49,50). The van der Waals surface area contributed by atoms with Gasteiger partial charge in [0.2, 0.25) is 5.91 Å². The van der Waals surface area contributed by atoms with E-state index in [2.05, 4.69) is 22.1 Å². The summed E-state index contributed by atoms with van der Waals surface area (Å²) in [6.45, 7) is 4.91. The minimum absolute atomic E-state index is 0.0208. The van der Waals surface area contributed by atoms with Crippen LogP contribution >= 0.6 is 0 Å². The molecule has 1 amide bonds. The molecule has 2 aliphatic rings. The molecule has 4 unspecified atom stereocenters. The van der Waals surface area contributed by atoms with Crippen molar-refractivity contribution in [1.82, 2.24) is 19.8 Å². The van der Waals surface area contributed by atoms with Gasteiger partial charge in [0.05, 0.1) is 36.3 Å². The number of aromatic nitrogens is 2. The summed E-state index contributed by atoms with van der Waals surface area (Å²) < 4.78 is 15.4. The van der Waals surface area contributed by atoms with Crippen molar-refractivity contribution in [3.8, 4) is 11.1 Å². The van der Waals surface area contributed by atoms with Crippen LogP contribution in [0.3, 0.4) is 0 Å². The number of carboxylic acids is 1. The van der Waals surface area contributed by atoms with Gasteiger partial charge in [0.25, 0.3) is 0 Å². The van der Waals surface area contributed by atoms with Crippen LogP contribution in [0.4, 0.5) is 0 Å². The highest BCUT2D eigenvalue weighted by Gasteiger charge is 2.39. The summed E-state index contributed by atoms with van der Waals surface area (Å²) in [5.74, 6) is -1.24. The first-order chi connectivity index (χ1) is 25.7. The van der Waals surface area contributed by atoms with Gasteiger partial charge in [-0.3, -0.25) is 14.2 Å². The number of para-hydroxylation sites is 2. The molecule has 2 fully saturated rings. The molecule has 4 N–H and O–H groups in total. The molecule has 0 bridgehead atoms. The molecule has 0 aliphatic carbocycles. The first-order valence-corrected chi connectivity index (χ1v) is 18.4. The summed E-state index contributed by atoms with van der Waals surface area (Å²) in [6, 6.07) is 32.0. The highest BCUT2D eigenvalue weighted by atomic mass is 16.7. The van der Waals surface area contributed by atoms with E-state index in [4.69, 9.17) is 14.6 Å². The topological polar surface area (TPSA) is 146 Å². The maximum atomic E-state index is 12.9. The average molecular weight is 719 g/mol. The quantitative estimate of drug-likeness (QED) is 0.121. The molecule has 11 nitrogen and oxygen atoms in total. The van der Waals surface area contributed by atoms with E-state index in [0.717, 1.165) is 76.9 Å². The summed E-state index contributed by atoms with van der Waals surface area (Å²) in [5, 5.41) is 21.3. The van der Waals surface area contributed by atoms with E-state index in [1.54, 1.807) is 0 Å². The highest BCUT2D eigenvalue weighted by molar-refractivity contribution is 5.80. The lowest BCUT2D eigenvalue weighted by atomic mass is 9.89. The van der Waals surface area contributed by atoms with Crippen molar-refractivity contribution in [3.05, 3.63) is 130 Å². The third kappa shape index (κ3) is 8.44. The number of imidazole rings is 1. The average Bonchev–Trinajstić information content (AvgIpc) is 3.53. The van der Waals surface area contributed by atoms with Gasteiger partial charge in [-0.25, -0.2) is 4.79 Å². The van der Waals surface area contributed by atoms with Gasteiger partial charge in [0, 0.05) is 50.1 Å². The second kappa shape index (κ2) is 16.3. The molecule has 4 atom stereocenters. The number of nitrogens with one attached hydrogen (secondary N) is 2. The van der Waals surface area contributed by atoms with E-state index >= 15 is 0 Å². The number of aliphatic carboxylic acids is 1. The molecule has 1 aromatic heterocycles. The molecule has 4 aromatic carbocycles. The van der Waals surface area contributed by atoms with Gasteiger partial charge < -0.3 is 34.9 Å². The third-order valence-electron chi connectivity index (χ3n) is 10.6. The highest BCUT2D eigenvalue weighted by Crippen LogP contribution is 2.42. The van der Waals surface area contributed by atoms with E-state index in [1.807, 2.05) is 102 Å². The lowest BCUT2D eigenvalue weighted by Gasteiger charge is -2.44. The summed E-state index contributed by atoms with van der Waals surface area (Å²) in [7, 11) is 0. The van der Waals surface area contributed by atoms with Crippen molar-refractivity contribution in [3.63, 3.8) is 0 Å². The summed E-state index contributed by atoms with van der Waals surface area (Å²) in [6.07, 6.45) is 0.549. The number of piperidine rings is 1. The van der Waals surface area contributed by atoms with E-state index in [9.17, 15) is 19.5 Å². The predicted molar refractivity (Wildman–Crippen MR) is 201 cm³/mol. The molecule has 2 aliphatic heterocycles. The Morgan fingerprint density at radius 3 is 2.32 bits per heavy atom. The Balaban J connectivity index is 1.05. The fraction of sp³-hybridized carbons (Fsp3) is 0.357. The van der Waals surface area contributed by atoms with E-state index in [1.165, 1.54) is 0 Å². The van der Waals surface area contributed by atoms with Gasteiger partial charge in [-0.05, 0) is 58.9 Å². The van der Waals surface area contributed by atoms with Gasteiger partial charge in [0.15, 0.2) is 6.29 Å². The number of carbonyl (C=O) groups excluding carboxylic acids is 1. The Labute approximate surface area is 308 Å². The molecule has 0 saturated carbocycles. The Morgan fingerprint density at radius 2 is 1.58 bits per heavy atom. The number of carboxylic acid groups (broad SMARTS) is 1. The maximum absolute atomic E-state index is 12.9. The Hall–Kier alpha value is -5.07. The molecule has 5 aromatic rings. The molecule has 7 rings (SSSR count). The molecule has 11 heteroatoms. The zero-order valence-corrected chi connectivity index (χ0v) is 29.8. The number of carbonyl (C=O) groups is 2. The number of aliphatic hydroxyl groups excluding tert-OH is 1. The van der Waals surface area contributed by atoms with Crippen molar-refractivity contribution in [2.24, 2.45) is 5.92 Å². The number of ether oxygens (including phenoxy) is 2. The molecule has 0 radical (unpaired) electrons. The number of likely N-dealkylation sites (tertiary alicyclic amines) is 1. The van der Waals surface area contributed by atoms with Crippen LogP contribution in [-0.2, 0) is 32.2 Å². The summed E-state index contributed by atoms with van der Waals surface area (Å²) in [5.41, 5.74) is 7.46. The Bertz CT molecular complexity index is 2080. The zero-order valence-electron chi connectivity index (χ0n) is 29.8. The van der Waals surface area contributed by atoms with E-state index in [0.29, 0.717) is 6.54 Å². The van der Waals surface area contributed by atoms with E-state index < -0.39 is 12.3 Å². The molecule has 276 valence electrons. The number of amides is 1. The normalized spacial score (nSPS) is 21.1. The molecule has 2 saturated heterocycles. The molecule has 53 heavy (non-hydrogen) atoms. The number of hydrogen-bond acceptors (Lipinski definition) is 7. The largest absolute Gasteiger partial charge is 0.481 e. The van der Waals surface area contributed by atoms with Gasteiger partial charge in [0.1, 0.15) is 0 Å². The summed E-state index contributed by atoms with van der Waals surface area (Å²) in [4.78, 5) is 41.2. The number of benzene rings is 4. The van der Waals surface area contributed by atoms with Crippen LogP contribution in [0.1, 0.15) is 73.3 Å². The number of H-pyrrole nitrogens is 1. The van der Waals surface area contributed by atoms with Crippen molar-refractivity contribution in [2.75, 3.05) is 19.6 Å². The monoisotopic (exact) mass is 718 g/mol. The predicted octanol–water partition coefficient (Wildman–Crippen LogP) is 6.10. The minimum atomic E-state index is -0.996. The smallest absolute Gasteiger partial charge is 0.326 e. The second-order valence-corrected chi connectivity index (χ2v) is 14.2. The van der Waals surface area contributed by atoms with Gasteiger partial charge >= 0.3 is 11.7 Å². The number of rotatable bonds is 12. The fourth-order valence-electron chi connectivity index (χ4n) is 7.58. The lowest BCUT2D eigenvalue weighted by molar-refractivity contribution is -0.276. The van der Waals surface area contributed by atoms with Crippen LogP contribution in [0.5, 0.6) is 0 Å². The third-order valence-corrected chi connectivity index (χ3v) is 10.6. The zero-order chi connectivity index (χ0) is 36.9. The van der Waals surface area contributed by atoms with Gasteiger partial charge in [-0.15, -0.1) is 0 Å². The molecular weight excluding hydrogens is 672 g/mol. The molecule has 0 spiro atoms. The first kappa shape index (κ1) is 36.3. The SMILES string of the molecule is CC1C(CN2CCC(n3c(=O)[nH]c4ccccc43)CC2)OC(c2ccc(-c3cccc(CNC(=O)CCC(=O)O)c3)cc2)OC1c1ccc(CO)cc1. The van der Waals surface area contributed by atoms with Gasteiger partial charge in [-0.1, -0.05) is 85.8 Å². The minimum Gasteiger partial charge on any atom is -0.481 e. The first-order valence-electron chi connectivity index (χ1n) is 18.4. The van der Waals surface area contributed by atoms with Crippen molar-refractivity contribution >= 4 is 22.9 Å². The van der Waals surface area contributed by atoms with Gasteiger partial charge in [-0.2, -0.15) is 0 Å². The van der Waals surface area contributed by atoms with Crippen LogP contribution in [-0.4, -0.2) is 62.3 Å². The Kier molecular flexibility index (Phi) is 11.2. The lowest BCUT2D eigenvalue weighted by Crippen LogP contribution is -2.47. The van der Waals surface area contributed by atoms with Crippen LogP contribution < -0.4 is 11.0 Å². The van der Waals surface area contributed by atoms with E-state index in [-0.39, 0.29) is 55.2 Å². The number of aromatic amines is 1. The number of hydrogen-bond donors (Lipinski definition) is 4. The number of nitrogens with zero attached hydrogens (tertiary/aromatic N) is 2. The van der Waals surface area contributed by atoms with Crippen LogP contribution in [0.25, 0.3) is 22.2 Å². The van der Waals surface area contributed by atoms with Crippen molar-refractivity contribution in [2.45, 2.75) is 70.3 Å². The van der Waals surface area contributed by atoms with Crippen LogP contribution in [0.15, 0.2) is 102 Å². The number of aliphatic hydroxyl groups is 1. The molecular formula is C42H46N4O7. The summed E-state index contributed by atoms with van der Waals surface area (Å²) >= 11 is 0. The molecule has 3 heterocycles. The Morgan fingerprint density at radius 1 is 0.849 bits per heavy atom.